The van der Waals surface area contributed by atoms with Gasteiger partial charge in [0, 0.05) is 48.1 Å². The van der Waals surface area contributed by atoms with Gasteiger partial charge in [0.05, 0.1) is 11.7 Å². The summed E-state index contributed by atoms with van der Waals surface area (Å²) in [5.74, 6) is 3.50. The van der Waals surface area contributed by atoms with Crippen molar-refractivity contribution < 1.29 is 4.42 Å². The van der Waals surface area contributed by atoms with Crippen LogP contribution < -0.4 is 0 Å². The monoisotopic (exact) mass is 524 g/mol. The van der Waals surface area contributed by atoms with E-state index in [1.54, 1.807) is 18.0 Å². The Hall–Kier alpha value is -3.49. The number of hydrogen-bond acceptors (Lipinski definition) is 7. The maximum atomic E-state index is 5.74. The average molecular weight is 525 g/mol. The van der Waals surface area contributed by atoms with Gasteiger partial charge in [-0.1, -0.05) is 23.9 Å². The van der Waals surface area contributed by atoms with Crippen LogP contribution in [-0.4, -0.2) is 55.0 Å². The lowest BCUT2D eigenvalue weighted by atomic mass is 10.00. The molecule has 5 aromatic rings. The third kappa shape index (κ3) is 5.24. The van der Waals surface area contributed by atoms with Crippen LogP contribution in [0.1, 0.15) is 30.2 Å². The summed E-state index contributed by atoms with van der Waals surface area (Å²) >= 11 is 1.81. The quantitative estimate of drug-likeness (QED) is 0.180. The number of aromatic nitrogens is 5. The summed E-state index contributed by atoms with van der Waals surface area (Å²) < 4.78 is 7.96. The summed E-state index contributed by atoms with van der Waals surface area (Å²) in [5.41, 5.74) is 6.01. The molecule has 0 saturated heterocycles. The molecule has 38 heavy (non-hydrogen) atoms. The molecule has 0 spiro atoms. The van der Waals surface area contributed by atoms with Crippen LogP contribution in [0.4, 0.5) is 0 Å². The highest BCUT2D eigenvalue weighted by Crippen LogP contribution is 2.28. The van der Waals surface area contributed by atoms with Crippen LogP contribution in [0.5, 0.6) is 0 Å². The molecule has 0 bridgehead atoms. The van der Waals surface area contributed by atoms with E-state index in [9.17, 15) is 0 Å². The SMILES string of the molecule is CCn1c(SCCCN2CCc3ccc(-c4ncc(C)o4)cc3CC2)nnc1-c1ccc2ncccc2c1. The minimum atomic E-state index is 0.712. The van der Waals surface area contributed by atoms with E-state index in [1.165, 1.54) is 11.1 Å². The predicted molar refractivity (Wildman–Crippen MR) is 152 cm³/mol. The lowest BCUT2D eigenvalue weighted by molar-refractivity contribution is 0.289. The third-order valence-corrected chi connectivity index (χ3v) is 8.27. The molecule has 0 unspecified atom stereocenters. The number of aryl methyl sites for hydroxylation is 1. The molecular formula is C30H32N6OS. The summed E-state index contributed by atoms with van der Waals surface area (Å²) in [6.45, 7) is 8.21. The highest BCUT2D eigenvalue weighted by molar-refractivity contribution is 7.99. The molecule has 1 aliphatic heterocycles. The Labute approximate surface area is 227 Å². The number of benzene rings is 2. The molecule has 0 atom stereocenters. The van der Waals surface area contributed by atoms with Gasteiger partial charge in [0.1, 0.15) is 5.76 Å². The lowest BCUT2D eigenvalue weighted by Gasteiger charge is -2.19. The zero-order valence-corrected chi connectivity index (χ0v) is 22.7. The van der Waals surface area contributed by atoms with Gasteiger partial charge in [-0.05, 0) is 87.2 Å². The largest absolute Gasteiger partial charge is 0.441 e. The first-order chi connectivity index (χ1) is 18.7. The summed E-state index contributed by atoms with van der Waals surface area (Å²) in [6.07, 6.45) is 6.88. The van der Waals surface area contributed by atoms with E-state index >= 15 is 0 Å². The van der Waals surface area contributed by atoms with Gasteiger partial charge >= 0.3 is 0 Å². The topological polar surface area (TPSA) is 72.9 Å². The first-order valence-electron chi connectivity index (χ1n) is 13.4. The molecule has 0 aliphatic carbocycles. The van der Waals surface area contributed by atoms with Crippen molar-refractivity contribution >= 4 is 22.7 Å². The molecule has 4 heterocycles. The second kappa shape index (κ2) is 11.1. The highest BCUT2D eigenvalue weighted by Gasteiger charge is 2.17. The van der Waals surface area contributed by atoms with Gasteiger partial charge in [-0.25, -0.2) is 4.98 Å². The Kier molecular flexibility index (Phi) is 7.25. The Bertz CT molecular complexity index is 1560. The first kappa shape index (κ1) is 24.8. The van der Waals surface area contributed by atoms with Crippen molar-refractivity contribution in [1.82, 2.24) is 29.6 Å². The molecule has 2 aromatic carbocycles. The summed E-state index contributed by atoms with van der Waals surface area (Å²) in [4.78, 5) is 11.4. The van der Waals surface area contributed by atoms with Crippen LogP contribution in [0.15, 0.2) is 70.5 Å². The third-order valence-electron chi connectivity index (χ3n) is 7.21. The zero-order chi connectivity index (χ0) is 25.9. The number of rotatable bonds is 8. The fourth-order valence-electron chi connectivity index (χ4n) is 5.18. The van der Waals surface area contributed by atoms with E-state index in [4.69, 9.17) is 4.42 Å². The summed E-state index contributed by atoms with van der Waals surface area (Å²) in [6, 6.07) is 17.0. The van der Waals surface area contributed by atoms with Gasteiger partial charge < -0.3 is 13.9 Å². The van der Waals surface area contributed by atoms with Gasteiger partial charge in [-0.3, -0.25) is 4.98 Å². The number of pyridine rings is 1. The number of nitrogens with zero attached hydrogens (tertiary/aromatic N) is 6. The van der Waals surface area contributed by atoms with Crippen molar-refractivity contribution in [3.63, 3.8) is 0 Å². The predicted octanol–water partition coefficient (Wildman–Crippen LogP) is 6.06. The van der Waals surface area contributed by atoms with E-state index in [-0.39, 0.29) is 0 Å². The van der Waals surface area contributed by atoms with E-state index in [0.717, 1.165) is 90.0 Å². The van der Waals surface area contributed by atoms with Crippen LogP contribution >= 0.6 is 11.8 Å². The van der Waals surface area contributed by atoms with Crippen LogP contribution in [0.3, 0.4) is 0 Å². The van der Waals surface area contributed by atoms with Crippen molar-refractivity contribution in [3.8, 4) is 22.8 Å². The molecular weight excluding hydrogens is 492 g/mol. The van der Waals surface area contributed by atoms with Crippen LogP contribution in [-0.2, 0) is 19.4 Å². The zero-order valence-electron chi connectivity index (χ0n) is 21.9. The Morgan fingerprint density at radius 1 is 0.947 bits per heavy atom. The molecule has 1 aliphatic rings. The molecule has 0 fully saturated rings. The molecule has 194 valence electrons. The van der Waals surface area contributed by atoms with E-state index in [0.29, 0.717) is 5.89 Å². The van der Waals surface area contributed by atoms with E-state index < -0.39 is 0 Å². The summed E-state index contributed by atoms with van der Waals surface area (Å²) in [5, 5.41) is 11.2. The average Bonchev–Trinajstić information content (AvgIpc) is 3.52. The van der Waals surface area contributed by atoms with Crippen molar-refractivity contribution in [3.05, 3.63) is 77.8 Å². The van der Waals surface area contributed by atoms with Crippen molar-refractivity contribution in [1.29, 1.82) is 0 Å². The van der Waals surface area contributed by atoms with Crippen LogP contribution in [0, 0.1) is 6.92 Å². The van der Waals surface area contributed by atoms with Crippen molar-refractivity contribution in [2.45, 2.75) is 44.8 Å². The minimum absolute atomic E-state index is 0.712. The molecule has 6 rings (SSSR count). The van der Waals surface area contributed by atoms with E-state index in [1.807, 2.05) is 19.2 Å². The number of fused-ring (bicyclic) bond motifs is 2. The maximum Gasteiger partial charge on any atom is 0.226 e. The molecule has 0 saturated carbocycles. The summed E-state index contributed by atoms with van der Waals surface area (Å²) in [7, 11) is 0. The van der Waals surface area contributed by atoms with Gasteiger partial charge in [-0.2, -0.15) is 0 Å². The smallest absolute Gasteiger partial charge is 0.226 e. The Balaban J connectivity index is 1.04. The van der Waals surface area contributed by atoms with Gasteiger partial charge in [-0.15, -0.1) is 10.2 Å². The normalized spacial score (nSPS) is 14.1. The first-order valence-corrected chi connectivity index (χ1v) is 14.3. The highest BCUT2D eigenvalue weighted by atomic mass is 32.2. The molecule has 0 amide bonds. The molecule has 0 N–H and O–H groups in total. The van der Waals surface area contributed by atoms with Gasteiger partial charge in [0.2, 0.25) is 5.89 Å². The lowest BCUT2D eigenvalue weighted by Crippen LogP contribution is -2.27. The standard InChI is InChI=1S/C30H32N6OS/c1-3-36-28(25-9-10-27-24(19-25)6-4-13-31-27)33-34-30(36)38-17-5-14-35-15-11-22-7-8-26(18-23(22)12-16-35)29-32-20-21(2)37-29/h4,6-10,13,18-20H,3,5,11-12,14-17H2,1-2H3. The van der Waals surface area contributed by atoms with Crippen molar-refractivity contribution in [2.24, 2.45) is 0 Å². The maximum absolute atomic E-state index is 5.74. The Morgan fingerprint density at radius 2 is 1.82 bits per heavy atom. The fourth-order valence-corrected chi connectivity index (χ4v) is 6.10. The van der Waals surface area contributed by atoms with Crippen LogP contribution in [0.2, 0.25) is 0 Å². The molecule has 3 aromatic heterocycles. The fraction of sp³-hybridized carbons (Fsp3) is 0.333. The Morgan fingerprint density at radius 3 is 2.66 bits per heavy atom. The van der Waals surface area contributed by atoms with E-state index in [2.05, 4.69) is 79.0 Å². The molecule has 0 radical (unpaired) electrons. The van der Waals surface area contributed by atoms with Crippen LogP contribution in [0.25, 0.3) is 33.7 Å². The second-order valence-electron chi connectivity index (χ2n) is 9.76. The number of hydrogen-bond donors (Lipinski definition) is 0. The van der Waals surface area contributed by atoms with Gasteiger partial charge in [0.25, 0.3) is 0 Å². The number of oxazole rings is 1. The molecule has 8 heteroatoms. The van der Waals surface area contributed by atoms with Crippen molar-refractivity contribution in [2.75, 3.05) is 25.4 Å². The minimum Gasteiger partial charge on any atom is -0.441 e. The second-order valence-corrected chi connectivity index (χ2v) is 10.8. The van der Waals surface area contributed by atoms with Gasteiger partial charge in [0.15, 0.2) is 11.0 Å². The number of thioether (sulfide) groups is 1. The molecule has 7 nitrogen and oxygen atoms in total.